The lowest BCUT2D eigenvalue weighted by atomic mass is 10.5. The fourth-order valence-corrected chi connectivity index (χ4v) is 0.569. The van der Waals surface area contributed by atoms with Crippen LogP contribution in [0.4, 0.5) is 0 Å². The zero-order chi connectivity index (χ0) is 6.62. The van der Waals surface area contributed by atoms with E-state index in [0.717, 1.165) is 0 Å². The van der Waals surface area contributed by atoms with Crippen molar-refractivity contribution in [3.63, 3.8) is 0 Å². The van der Waals surface area contributed by atoms with E-state index in [9.17, 15) is 8.42 Å². The third kappa shape index (κ3) is 5.65. The number of hydrogen-bond acceptors (Lipinski definition) is 2. The summed E-state index contributed by atoms with van der Waals surface area (Å²) in [6.45, 7) is 3.33. The van der Waals surface area contributed by atoms with Crippen LogP contribution in [-0.2, 0) is 10.1 Å². The van der Waals surface area contributed by atoms with Crippen LogP contribution in [-0.4, -0.2) is 13.0 Å². The average molecular weight is 135 g/mol. The number of allylic oxidation sites excluding steroid dienone is 1. The molecule has 47 valence electrons. The Labute approximate surface area is 48.8 Å². The molecular formula is C4H7O3S. The summed E-state index contributed by atoms with van der Waals surface area (Å²) < 4.78 is 27.7. The van der Waals surface area contributed by atoms with Gasteiger partial charge in [-0.15, -0.1) is 0 Å². The van der Waals surface area contributed by atoms with Crippen LogP contribution < -0.4 is 0 Å². The Hall–Kier alpha value is -0.350. The van der Waals surface area contributed by atoms with Crippen molar-refractivity contribution in [2.24, 2.45) is 0 Å². The van der Waals surface area contributed by atoms with Crippen molar-refractivity contribution in [3.8, 4) is 0 Å². The molecule has 0 aliphatic rings. The van der Waals surface area contributed by atoms with E-state index in [1.54, 1.807) is 0 Å². The van der Waals surface area contributed by atoms with Gasteiger partial charge in [0.05, 0.1) is 5.41 Å². The Bertz CT molecular complexity index is 166. The molecule has 1 radical (unpaired) electrons. The Kier molecular flexibility index (Phi) is 2.71. The summed E-state index contributed by atoms with van der Waals surface area (Å²) >= 11 is 0. The molecular weight excluding hydrogens is 128 g/mol. The first-order valence-electron chi connectivity index (χ1n) is 1.99. The van der Waals surface area contributed by atoms with E-state index in [4.69, 9.17) is 4.55 Å². The van der Waals surface area contributed by atoms with Crippen LogP contribution in [0.3, 0.4) is 0 Å². The molecule has 0 bridgehead atoms. The van der Waals surface area contributed by atoms with E-state index in [2.05, 4.69) is 6.92 Å². The SMILES string of the molecule is [CH2]CC=CS(=O)(=O)O. The number of rotatable bonds is 2. The summed E-state index contributed by atoms with van der Waals surface area (Å²) in [5.41, 5.74) is 0. The second kappa shape index (κ2) is 2.84. The van der Waals surface area contributed by atoms with Crippen LogP contribution in [0, 0.1) is 6.92 Å². The molecule has 0 aliphatic heterocycles. The van der Waals surface area contributed by atoms with E-state index in [-0.39, 0.29) is 0 Å². The topological polar surface area (TPSA) is 54.4 Å². The Morgan fingerprint density at radius 2 is 2.12 bits per heavy atom. The van der Waals surface area contributed by atoms with Gasteiger partial charge in [0.2, 0.25) is 0 Å². The minimum atomic E-state index is -3.91. The average Bonchev–Trinajstić information content (AvgIpc) is 1.59. The standard InChI is InChI=1S/C4H7O3S/c1-2-3-4-8(5,6)7/h3-4H,1-2H2,(H,5,6,7). The van der Waals surface area contributed by atoms with Crippen molar-refractivity contribution in [1.82, 2.24) is 0 Å². The summed E-state index contributed by atoms with van der Waals surface area (Å²) in [4.78, 5) is 0. The Morgan fingerprint density at radius 3 is 2.25 bits per heavy atom. The highest BCUT2D eigenvalue weighted by Crippen LogP contribution is 1.85. The molecule has 0 amide bonds. The van der Waals surface area contributed by atoms with Gasteiger partial charge in [-0.25, -0.2) is 0 Å². The van der Waals surface area contributed by atoms with Gasteiger partial charge in [0.25, 0.3) is 10.1 Å². The van der Waals surface area contributed by atoms with E-state index in [1.165, 1.54) is 6.08 Å². The molecule has 0 spiro atoms. The molecule has 0 heterocycles. The normalized spacial score (nSPS) is 12.8. The maximum absolute atomic E-state index is 9.83. The first-order valence-corrected chi connectivity index (χ1v) is 3.50. The van der Waals surface area contributed by atoms with Crippen LogP contribution in [0.25, 0.3) is 0 Å². The Balaban J connectivity index is 3.92. The van der Waals surface area contributed by atoms with Gasteiger partial charge in [0, 0.05) is 0 Å². The summed E-state index contributed by atoms with van der Waals surface area (Å²) in [5, 5.41) is 0.708. The lowest BCUT2D eigenvalue weighted by molar-refractivity contribution is 0.494. The summed E-state index contributed by atoms with van der Waals surface area (Å²) in [6.07, 6.45) is 1.62. The molecule has 0 saturated heterocycles. The minimum Gasteiger partial charge on any atom is -0.282 e. The molecule has 0 aromatic heterocycles. The predicted molar refractivity (Wildman–Crippen MR) is 30.7 cm³/mol. The molecule has 0 aliphatic carbocycles. The van der Waals surface area contributed by atoms with Gasteiger partial charge in [0.15, 0.2) is 0 Å². The van der Waals surface area contributed by atoms with E-state index in [0.29, 0.717) is 11.8 Å². The van der Waals surface area contributed by atoms with Crippen LogP contribution in [0.15, 0.2) is 11.5 Å². The van der Waals surface area contributed by atoms with Gasteiger partial charge >= 0.3 is 0 Å². The van der Waals surface area contributed by atoms with Crippen LogP contribution in [0.5, 0.6) is 0 Å². The molecule has 8 heavy (non-hydrogen) atoms. The van der Waals surface area contributed by atoms with Crippen molar-refractivity contribution in [3.05, 3.63) is 18.4 Å². The van der Waals surface area contributed by atoms with Gasteiger partial charge in [-0.2, -0.15) is 8.42 Å². The molecule has 4 heteroatoms. The number of hydrogen-bond donors (Lipinski definition) is 1. The second-order valence-corrected chi connectivity index (χ2v) is 2.48. The van der Waals surface area contributed by atoms with Crippen LogP contribution >= 0.6 is 0 Å². The third-order valence-corrected chi connectivity index (χ3v) is 0.971. The highest BCUT2D eigenvalue weighted by molar-refractivity contribution is 7.88. The zero-order valence-electron chi connectivity index (χ0n) is 4.24. The van der Waals surface area contributed by atoms with Crippen LogP contribution in [0.2, 0.25) is 0 Å². The van der Waals surface area contributed by atoms with Crippen LogP contribution in [0.1, 0.15) is 6.42 Å². The van der Waals surface area contributed by atoms with Crippen molar-refractivity contribution in [2.45, 2.75) is 6.42 Å². The van der Waals surface area contributed by atoms with E-state index in [1.807, 2.05) is 0 Å². The maximum Gasteiger partial charge on any atom is 0.287 e. The lowest BCUT2D eigenvalue weighted by Gasteiger charge is -1.79. The molecule has 0 unspecified atom stereocenters. The molecule has 0 aromatic carbocycles. The summed E-state index contributed by atoms with van der Waals surface area (Å²) in [6, 6.07) is 0. The zero-order valence-corrected chi connectivity index (χ0v) is 5.06. The Morgan fingerprint density at radius 1 is 1.62 bits per heavy atom. The van der Waals surface area contributed by atoms with Crippen molar-refractivity contribution in [1.29, 1.82) is 0 Å². The third-order valence-electron chi connectivity index (χ3n) is 0.435. The molecule has 0 rings (SSSR count). The fraction of sp³-hybridized carbons (Fsp3) is 0.250. The molecule has 0 aromatic rings. The minimum absolute atomic E-state index is 0.361. The molecule has 0 fully saturated rings. The lowest BCUT2D eigenvalue weighted by Crippen LogP contribution is -1.88. The molecule has 3 nitrogen and oxygen atoms in total. The maximum atomic E-state index is 9.83. The largest absolute Gasteiger partial charge is 0.287 e. The van der Waals surface area contributed by atoms with E-state index >= 15 is 0 Å². The van der Waals surface area contributed by atoms with Gasteiger partial charge in [-0.3, -0.25) is 4.55 Å². The highest BCUT2D eigenvalue weighted by atomic mass is 32.2. The van der Waals surface area contributed by atoms with E-state index < -0.39 is 10.1 Å². The van der Waals surface area contributed by atoms with Gasteiger partial charge < -0.3 is 0 Å². The van der Waals surface area contributed by atoms with Crippen molar-refractivity contribution in [2.75, 3.05) is 0 Å². The first kappa shape index (κ1) is 7.65. The van der Waals surface area contributed by atoms with Crippen molar-refractivity contribution >= 4 is 10.1 Å². The highest BCUT2D eigenvalue weighted by Gasteiger charge is 1.91. The van der Waals surface area contributed by atoms with Gasteiger partial charge in [-0.05, 0) is 13.3 Å². The van der Waals surface area contributed by atoms with Gasteiger partial charge in [-0.1, -0.05) is 6.08 Å². The second-order valence-electron chi connectivity index (χ2n) is 1.18. The monoisotopic (exact) mass is 135 g/mol. The van der Waals surface area contributed by atoms with Crippen molar-refractivity contribution < 1.29 is 13.0 Å². The molecule has 0 saturated carbocycles. The smallest absolute Gasteiger partial charge is 0.282 e. The fourth-order valence-electron chi connectivity index (χ4n) is 0.190. The summed E-state index contributed by atoms with van der Waals surface area (Å²) in [7, 11) is -3.91. The first-order chi connectivity index (χ1) is 3.56. The quantitative estimate of drug-likeness (QED) is 0.564. The molecule has 0 atom stereocenters. The molecule has 1 N–H and O–H groups in total. The van der Waals surface area contributed by atoms with Gasteiger partial charge in [0.1, 0.15) is 0 Å². The summed E-state index contributed by atoms with van der Waals surface area (Å²) in [5.74, 6) is 0. The predicted octanol–water partition coefficient (Wildman–Crippen LogP) is 0.612.